The number of carbonyl (C=O) groups excluding carboxylic acids is 2. The minimum atomic E-state index is -0.129. The van der Waals surface area contributed by atoms with Crippen LogP contribution in [0.5, 0.6) is 0 Å². The lowest BCUT2D eigenvalue weighted by Crippen LogP contribution is -2.40. The third kappa shape index (κ3) is 1.40. The first-order valence-corrected chi connectivity index (χ1v) is 8.79. The zero-order chi connectivity index (χ0) is 16.0. The summed E-state index contributed by atoms with van der Waals surface area (Å²) >= 11 is 0. The average molecular weight is 315 g/mol. The molecule has 2 saturated carbocycles. The fraction of sp³-hybridized carbons (Fsp3) is 0.333. The van der Waals surface area contributed by atoms with E-state index in [1.807, 2.05) is 42.5 Å². The van der Waals surface area contributed by atoms with Gasteiger partial charge in [-0.25, -0.2) is 4.90 Å². The fourth-order valence-electron chi connectivity index (χ4n) is 5.60. The lowest BCUT2D eigenvalue weighted by molar-refractivity contribution is -0.124. The molecule has 0 spiro atoms. The topological polar surface area (TPSA) is 37.4 Å². The van der Waals surface area contributed by atoms with Gasteiger partial charge in [-0.15, -0.1) is 0 Å². The molecule has 0 unspecified atom stereocenters. The summed E-state index contributed by atoms with van der Waals surface area (Å²) in [6, 6.07) is 13.8. The van der Waals surface area contributed by atoms with E-state index in [-0.39, 0.29) is 35.5 Å². The van der Waals surface area contributed by atoms with Gasteiger partial charge in [0.25, 0.3) is 0 Å². The SMILES string of the molecule is O=C1[C@H]2[C@@H]3C=C[C@H]([C@@H]4C[C@H]34)[C@@H]2C(=O)N1c1cccc2ccccc12. The highest BCUT2D eigenvalue weighted by Crippen LogP contribution is 2.65. The molecule has 24 heavy (non-hydrogen) atoms. The minimum absolute atomic E-state index is 0.0195. The number of allylic oxidation sites excluding steroid dienone is 2. The molecule has 2 aromatic rings. The van der Waals surface area contributed by atoms with Gasteiger partial charge in [0.15, 0.2) is 0 Å². The van der Waals surface area contributed by atoms with Crippen molar-refractivity contribution < 1.29 is 9.59 Å². The van der Waals surface area contributed by atoms with Crippen LogP contribution in [0.4, 0.5) is 5.69 Å². The van der Waals surface area contributed by atoms with E-state index in [1.54, 1.807) is 0 Å². The van der Waals surface area contributed by atoms with Crippen molar-refractivity contribution in [1.82, 2.24) is 0 Å². The number of fused-ring (bicyclic) bond motifs is 1. The Balaban J connectivity index is 1.52. The first-order chi connectivity index (χ1) is 11.8. The summed E-state index contributed by atoms with van der Waals surface area (Å²) in [4.78, 5) is 27.9. The number of nitrogens with zero attached hydrogens (tertiary/aromatic N) is 1. The standard InChI is InChI=1S/C21H17NO2/c23-20-18-13-8-9-14(16-10-15(13)16)19(18)21(24)22(20)17-7-3-5-11-4-1-2-6-12(11)17/h1-9,13-16,18-19H,10H2/t13-,14-,15-,16+,18+,19+/m1/s1. The summed E-state index contributed by atoms with van der Waals surface area (Å²) in [7, 11) is 0. The molecule has 4 aliphatic carbocycles. The van der Waals surface area contributed by atoms with Gasteiger partial charge < -0.3 is 0 Å². The van der Waals surface area contributed by atoms with Crippen LogP contribution in [0.15, 0.2) is 54.6 Å². The van der Waals surface area contributed by atoms with Crippen molar-refractivity contribution in [1.29, 1.82) is 0 Å². The second-order valence-electron chi connectivity index (χ2n) is 7.66. The summed E-state index contributed by atoms with van der Waals surface area (Å²) in [6.07, 6.45) is 5.64. The quantitative estimate of drug-likeness (QED) is 0.597. The van der Waals surface area contributed by atoms with Gasteiger partial charge in [0, 0.05) is 5.39 Å². The van der Waals surface area contributed by atoms with Gasteiger partial charge in [0.05, 0.1) is 17.5 Å². The largest absolute Gasteiger partial charge is 0.274 e. The average Bonchev–Trinajstić information content (AvgIpc) is 3.39. The number of hydrogen-bond acceptors (Lipinski definition) is 2. The van der Waals surface area contributed by atoms with E-state index in [9.17, 15) is 9.59 Å². The van der Waals surface area contributed by atoms with Crippen LogP contribution in [0.3, 0.4) is 0 Å². The van der Waals surface area contributed by atoms with Gasteiger partial charge in [-0.1, -0.05) is 48.6 Å². The van der Waals surface area contributed by atoms with Crippen LogP contribution in [-0.2, 0) is 9.59 Å². The fourth-order valence-corrected chi connectivity index (χ4v) is 5.60. The molecule has 5 aliphatic rings. The Morgan fingerprint density at radius 3 is 2.12 bits per heavy atom. The lowest BCUT2D eigenvalue weighted by Gasteiger charge is -2.37. The van der Waals surface area contributed by atoms with E-state index in [1.165, 1.54) is 11.3 Å². The first-order valence-electron chi connectivity index (χ1n) is 8.79. The van der Waals surface area contributed by atoms with Crippen LogP contribution in [0, 0.1) is 35.5 Å². The maximum atomic E-state index is 13.2. The van der Waals surface area contributed by atoms with Crippen molar-refractivity contribution in [2.45, 2.75) is 6.42 Å². The maximum Gasteiger partial charge on any atom is 0.238 e. The summed E-state index contributed by atoms with van der Waals surface area (Å²) in [5.41, 5.74) is 0.755. The second kappa shape index (κ2) is 4.15. The molecule has 3 fully saturated rings. The molecule has 0 N–H and O–H groups in total. The molecule has 2 aromatic carbocycles. The van der Waals surface area contributed by atoms with Crippen LogP contribution < -0.4 is 4.90 Å². The highest BCUT2D eigenvalue weighted by molar-refractivity contribution is 6.25. The van der Waals surface area contributed by atoms with Crippen molar-refractivity contribution in [3.05, 3.63) is 54.6 Å². The van der Waals surface area contributed by atoms with Gasteiger partial charge in [0.1, 0.15) is 0 Å². The van der Waals surface area contributed by atoms with Crippen LogP contribution in [0.1, 0.15) is 6.42 Å². The monoisotopic (exact) mass is 315 g/mol. The van der Waals surface area contributed by atoms with Crippen molar-refractivity contribution in [3.63, 3.8) is 0 Å². The molecule has 0 aromatic heterocycles. The molecule has 1 saturated heterocycles. The number of anilines is 1. The molecule has 3 nitrogen and oxygen atoms in total. The Bertz CT molecular complexity index is 905. The minimum Gasteiger partial charge on any atom is -0.274 e. The predicted octanol–water partition coefficient (Wildman–Crippen LogP) is 3.40. The molecule has 118 valence electrons. The van der Waals surface area contributed by atoms with E-state index in [4.69, 9.17) is 0 Å². The second-order valence-corrected chi connectivity index (χ2v) is 7.66. The van der Waals surface area contributed by atoms with Crippen LogP contribution >= 0.6 is 0 Å². The van der Waals surface area contributed by atoms with Crippen molar-refractivity contribution in [2.24, 2.45) is 35.5 Å². The zero-order valence-corrected chi connectivity index (χ0v) is 13.1. The summed E-state index contributed by atoms with van der Waals surface area (Å²) < 4.78 is 0. The van der Waals surface area contributed by atoms with Crippen molar-refractivity contribution >= 4 is 28.3 Å². The van der Waals surface area contributed by atoms with Gasteiger partial charge >= 0.3 is 0 Å². The van der Waals surface area contributed by atoms with Crippen LogP contribution in [0.25, 0.3) is 10.8 Å². The third-order valence-corrected chi connectivity index (χ3v) is 6.67. The summed E-state index contributed by atoms with van der Waals surface area (Å²) in [5, 5.41) is 2.04. The van der Waals surface area contributed by atoms with E-state index in [0.29, 0.717) is 11.8 Å². The van der Waals surface area contributed by atoms with Gasteiger partial charge in [0.2, 0.25) is 11.8 Å². The highest BCUT2D eigenvalue weighted by atomic mass is 16.2. The number of carbonyl (C=O) groups is 2. The summed E-state index contributed by atoms with van der Waals surface area (Å²) in [5.74, 6) is 1.63. The molecule has 1 heterocycles. The smallest absolute Gasteiger partial charge is 0.238 e. The number of rotatable bonds is 1. The van der Waals surface area contributed by atoms with Gasteiger partial charge in [-0.2, -0.15) is 0 Å². The Morgan fingerprint density at radius 1 is 0.792 bits per heavy atom. The molecule has 2 bridgehead atoms. The number of imide groups is 1. The Kier molecular flexibility index (Phi) is 2.24. The van der Waals surface area contributed by atoms with Crippen LogP contribution in [0.2, 0.25) is 0 Å². The van der Waals surface area contributed by atoms with Crippen molar-refractivity contribution in [2.75, 3.05) is 4.90 Å². The first kappa shape index (κ1) is 12.9. The molecule has 7 rings (SSSR count). The Hall–Kier alpha value is -2.42. The maximum absolute atomic E-state index is 13.2. The zero-order valence-electron chi connectivity index (χ0n) is 13.1. The van der Waals surface area contributed by atoms with Gasteiger partial charge in [-0.3, -0.25) is 9.59 Å². The summed E-state index contributed by atoms with van der Waals surface area (Å²) in [6.45, 7) is 0. The van der Waals surface area contributed by atoms with Gasteiger partial charge in [-0.05, 0) is 41.5 Å². The highest BCUT2D eigenvalue weighted by Gasteiger charge is 2.67. The third-order valence-electron chi connectivity index (χ3n) is 6.67. The number of hydrogen-bond donors (Lipinski definition) is 0. The molecule has 3 heteroatoms. The number of amides is 2. The molecule has 1 aliphatic heterocycles. The predicted molar refractivity (Wildman–Crippen MR) is 91.1 cm³/mol. The van der Waals surface area contributed by atoms with E-state index in [2.05, 4.69) is 12.2 Å². The molecule has 6 atom stereocenters. The molecular formula is C21H17NO2. The van der Waals surface area contributed by atoms with E-state index >= 15 is 0 Å². The molecule has 0 radical (unpaired) electrons. The van der Waals surface area contributed by atoms with Crippen molar-refractivity contribution in [3.8, 4) is 0 Å². The lowest BCUT2D eigenvalue weighted by atomic mass is 9.63. The Morgan fingerprint density at radius 2 is 1.42 bits per heavy atom. The van der Waals surface area contributed by atoms with E-state index in [0.717, 1.165) is 16.5 Å². The normalized spacial score (nSPS) is 38.6. The molecular weight excluding hydrogens is 298 g/mol. The van der Waals surface area contributed by atoms with E-state index < -0.39 is 0 Å². The van der Waals surface area contributed by atoms with Crippen LogP contribution in [-0.4, -0.2) is 11.8 Å². The number of benzene rings is 2. The Labute approximate surface area is 139 Å². The molecule has 2 amide bonds.